The van der Waals surface area contributed by atoms with Crippen molar-refractivity contribution in [1.29, 1.82) is 0 Å². The summed E-state index contributed by atoms with van der Waals surface area (Å²) in [7, 11) is 2.21. The second-order valence-corrected chi connectivity index (χ2v) is 5.10. The van der Waals surface area contributed by atoms with E-state index in [4.69, 9.17) is 5.73 Å². The Morgan fingerprint density at radius 2 is 2.21 bits per heavy atom. The zero-order valence-corrected chi connectivity index (χ0v) is 9.50. The van der Waals surface area contributed by atoms with E-state index >= 15 is 0 Å². The van der Waals surface area contributed by atoms with Gasteiger partial charge in [0.25, 0.3) is 0 Å². The fourth-order valence-corrected chi connectivity index (χ4v) is 3.22. The molecule has 2 fully saturated rings. The van der Waals surface area contributed by atoms with Crippen LogP contribution in [0.15, 0.2) is 0 Å². The van der Waals surface area contributed by atoms with Gasteiger partial charge in [-0.05, 0) is 46.3 Å². The molecule has 3 heteroatoms. The van der Waals surface area contributed by atoms with E-state index in [-0.39, 0.29) is 0 Å². The van der Waals surface area contributed by atoms with Crippen LogP contribution in [0.1, 0.15) is 26.2 Å². The molecule has 2 rings (SSSR count). The second kappa shape index (κ2) is 3.80. The summed E-state index contributed by atoms with van der Waals surface area (Å²) in [6.45, 7) is 6.80. The zero-order valence-electron chi connectivity index (χ0n) is 9.50. The van der Waals surface area contributed by atoms with Gasteiger partial charge in [0, 0.05) is 24.7 Å². The van der Waals surface area contributed by atoms with Crippen LogP contribution < -0.4 is 5.73 Å². The van der Waals surface area contributed by atoms with Gasteiger partial charge in [-0.3, -0.25) is 4.90 Å². The molecule has 0 bridgehead atoms. The Kier molecular flexibility index (Phi) is 2.82. The summed E-state index contributed by atoms with van der Waals surface area (Å²) < 4.78 is 0. The standard InChI is InChI=1S/C11H23N3/c1-10-4-3-6-14(10)11(8-12)5-7-13(2)9-11/h10H,3-9,12H2,1-2H3. The van der Waals surface area contributed by atoms with Crippen LogP contribution in [0.2, 0.25) is 0 Å². The van der Waals surface area contributed by atoms with Gasteiger partial charge in [-0.25, -0.2) is 0 Å². The molecule has 0 spiro atoms. The number of likely N-dealkylation sites (N-methyl/N-ethyl adjacent to an activating group) is 1. The molecule has 0 aromatic heterocycles. The fourth-order valence-electron chi connectivity index (χ4n) is 3.22. The molecule has 2 atom stereocenters. The summed E-state index contributed by atoms with van der Waals surface area (Å²) in [5.41, 5.74) is 6.30. The molecule has 0 aromatic rings. The van der Waals surface area contributed by atoms with Gasteiger partial charge in [0.05, 0.1) is 0 Å². The third-order valence-corrected chi connectivity index (χ3v) is 4.07. The lowest BCUT2D eigenvalue weighted by Gasteiger charge is -2.40. The number of nitrogens with zero attached hydrogens (tertiary/aromatic N) is 2. The minimum absolute atomic E-state index is 0.296. The number of nitrogens with two attached hydrogens (primary N) is 1. The quantitative estimate of drug-likeness (QED) is 0.700. The summed E-state index contributed by atoms with van der Waals surface area (Å²) in [5, 5.41) is 0. The summed E-state index contributed by atoms with van der Waals surface area (Å²) >= 11 is 0. The molecule has 2 aliphatic heterocycles. The van der Waals surface area contributed by atoms with Crippen LogP contribution in [0.5, 0.6) is 0 Å². The molecule has 82 valence electrons. The predicted molar refractivity (Wildman–Crippen MR) is 59.3 cm³/mol. The molecule has 0 amide bonds. The lowest BCUT2D eigenvalue weighted by molar-refractivity contribution is 0.0952. The molecule has 3 nitrogen and oxygen atoms in total. The van der Waals surface area contributed by atoms with E-state index in [0.717, 1.165) is 19.1 Å². The predicted octanol–water partition coefficient (Wildman–Crippen LogP) is 0.504. The lowest BCUT2D eigenvalue weighted by Crippen LogP contribution is -2.56. The van der Waals surface area contributed by atoms with Gasteiger partial charge < -0.3 is 10.6 Å². The third kappa shape index (κ3) is 1.58. The van der Waals surface area contributed by atoms with Crippen molar-refractivity contribution < 1.29 is 0 Å². The number of rotatable bonds is 2. The van der Waals surface area contributed by atoms with Gasteiger partial charge >= 0.3 is 0 Å². The molecule has 0 aliphatic carbocycles. The summed E-state index contributed by atoms with van der Waals surface area (Å²) in [6, 6.07) is 0.741. The van der Waals surface area contributed by atoms with Gasteiger partial charge in [-0.15, -0.1) is 0 Å². The Hall–Kier alpha value is -0.120. The minimum Gasteiger partial charge on any atom is -0.329 e. The number of likely N-dealkylation sites (tertiary alicyclic amines) is 2. The lowest BCUT2D eigenvalue weighted by atomic mass is 9.95. The van der Waals surface area contributed by atoms with Gasteiger partial charge in [0.15, 0.2) is 0 Å². The Bertz CT molecular complexity index is 207. The van der Waals surface area contributed by atoms with Gasteiger partial charge in [0.1, 0.15) is 0 Å². The smallest absolute Gasteiger partial charge is 0.0473 e. The van der Waals surface area contributed by atoms with Crippen LogP contribution in [0.4, 0.5) is 0 Å². The molecular formula is C11H23N3. The normalized spacial score (nSPS) is 40.9. The van der Waals surface area contributed by atoms with E-state index < -0.39 is 0 Å². The molecule has 14 heavy (non-hydrogen) atoms. The van der Waals surface area contributed by atoms with Crippen molar-refractivity contribution in [2.75, 3.05) is 33.2 Å². The molecular weight excluding hydrogens is 174 g/mol. The fraction of sp³-hybridized carbons (Fsp3) is 1.00. The van der Waals surface area contributed by atoms with E-state index in [0.29, 0.717) is 5.54 Å². The van der Waals surface area contributed by atoms with Crippen molar-refractivity contribution in [3.05, 3.63) is 0 Å². The molecule has 2 N–H and O–H groups in total. The van der Waals surface area contributed by atoms with Crippen LogP contribution in [-0.2, 0) is 0 Å². The maximum atomic E-state index is 6.00. The monoisotopic (exact) mass is 197 g/mol. The van der Waals surface area contributed by atoms with Crippen LogP contribution in [-0.4, -0.2) is 54.6 Å². The molecule has 2 heterocycles. The van der Waals surface area contributed by atoms with Crippen LogP contribution in [0, 0.1) is 0 Å². The highest BCUT2D eigenvalue weighted by Crippen LogP contribution is 2.32. The first-order valence-electron chi connectivity index (χ1n) is 5.83. The summed E-state index contributed by atoms with van der Waals surface area (Å²) in [4.78, 5) is 5.08. The zero-order chi connectivity index (χ0) is 10.2. The highest BCUT2D eigenvalue weighted by Gasteiger charge is 2.43. The van der Waals surface area contributed by atoms with Crippen LogP contribution >= 0.6 is 0 Å². The average molecular weight is 197 g/mol. The average Bonchev–Trinajstić information content (AvgIpc) is 2.73. The SMILES string of the molecule is CC1CCCN1C1(CN)CCN(C)C1. The molecule has 0 aromatic carbocycles. The largest absolute Gasteiger partial charge is 0.329 e. The second-order valence-electron chi connectivity index (χ2n) is 5.10. The van der Waals surface area contributed by atoms with Crippen molar-refractivity contribution in [3.8, 4) is 0 Å². The van der Waals surface area contributed by atoms with Crippen LogP contribution in [0.3, 0.4) is 0 Å². The van der Waals surface area contributed by atoms with Crippen molar-refractivity contribution in [1.82, 2.24) is 9.80 Å². The van der Waals surface area contributed by atoms with Crippen molar-refractivity contribution in [3.63, 3.8) is 0 Å². The third-order valence-electron chi connectivity index (χ3n) is 4.07. The van der Waals surface area contributed by atoms with Gasteiger partial charge in [0.2, 0.25) is 0 Å². The Morgan fingerprint density at radius 3 is 2.64 bits per heavy atom. The van der Waals surface area contributed by atoms with E-state index in [9.17, 15) is 0 Å². The number of hydrogen-bond donors (Lipinski definition) is 1. The number of hydrogen-bond acceptors (Lipinski definition) is 3. The maximum Gasteiger partial charge on any atom is 0.0473 e. The first-order chi connectivity index (χ1) is 6.68. The first kappa shape index (κ1) is 10.4. The molecule has 2 unspecified atom stereocenters. The molecule has 0 radical (unpaired) electrons. The highest BCUT2D eigenvalue weighted by molar-refractivity contribution is 5.02. The molecule has 0 saturated carbocycles. The first-order valence-corrected chi connectivity index (χ1v) is 5.83. The van der Waals surface area contributed by atoms with Crippen molar-refractivity contribution in [2.45, 2.75) is 37.8 Å². The van der Waals surface area contributed by atoms with E-state index in [1.165, 1.54) is 32.4 Å². The van der Waals surface area contributed by atoms with Crippen molar-refractivity contribution >= 4 is 0 Å². The highest BCUT2D eigenvalue weighted by atomic mass is 15.3. The van der Waals surface area contributed by atoms with E-state index in [1.54, 1.807) is 0 Å². The van der Waals surface area contributed by atoms with E-state index in [1.807, 2.05) is 0 Å². The molecule has 2 aliphatic rings. The topological polar surface area (TPSA) is 32.5 Å². The summed E-state index contributed by atoms with van der Waals surface area (Å²) in [5.74, 6) is 0. The maximum absolute atomic E-state index is 6.00. The van der Waals surface area contributed by atoms with Crippen LogP contribution in [0.25, 0.3) is 0 Å². The van der Waals surface area contributed by atoms with Gasteiger partial charge in [-0.2, -0.15) is 0 Å². The summed E-state index contributed by atoms with van der Waals surface area (Å²) in [6.07, 6.45) is 3.96. The van der Waals surface area contributed by atoms with E-state index in [2.05, 4.69) is 23.8 Å². The Labute approximate surface area is 87.2 Å². The Balaban J connectivity index is 2.11. The minimum atomic E-state index is 0.296. The van der Waals surface area contributed by atoms with Gasteiger partial charge in [-0.1, -0.05) is 0 Å². The molecule has 2 saturated heterocycles. The Morgan fingerprint density at radius 1 is 1.43 bits per heavy atom. The van der Waals surface area contributed by atoms with Crippen molar-refractivity contribution in [2.24, 2.45) is 5.73 Å².